The van der Waals surface area contributed by atoms with Crippen molar-refractivity contribution < 1.29 is 4.21 Å². The Kier molecular flexibility index (Phi) is 2.44. The van der Waals surface area contributed by atoms with Gasteiger partial charge in [0.2, 0.25) is 0 Å². The van der Waals surface area contributed by atoms with Crippen molar-refractivity contribution in [3.8, 4) is 0 Å². The van der Waals surface area contributed by atoms with Crippen LogP contribution < -0.4 is 0 Å². The topological polar surface area (TPSA) is 17.1 Å². The molecule has 0 aromatic rings. The zero-order valence-corrected chi connectivity index (χ0v) is 6.40. The highest BCUT2D eigenvalue weighted by molar-refractivity contribution is 8.05. The van der Waals surface area contributed by atoms with Gasteiger partial charge < -0.3 is 0 Å². The third kappa shape index (κ3) is 3.21. The molecule has 0 N–H and O–H groups in total. The van der Waals surface area contributed by atoms with E-state index in [0.717, 1.165) is 0 Å². The first-order valence-corrected chi connectivity index (χ1v) is 4.70. The summed E-state index contributed by atoms with van der Waals surface area (Å²) in [4.78, 5) is 0. The first kappa shape index (κ1) is 7.60. The molecule has 0 aromatic heterocycles. The van der Waals surface area contributed by atoms with E-state index in [2.05, 4.69) is 0 Å². The Balaban J connectivity index is 4.67. The molecule has 0 radical (unpaired) electrons. The van der Waals surface area contributed by atoms with E-state index in [1.54, 1.807) is 0 Å². The Morgan fingerprint density at radius 3 is 1.57 bits per heavy atom. The lowest BCUT2D eigenvalue weighted by atomic mass is 11.9. The molecule has 0 aliphatic heterocycles. The fourth-order valence-corrected chi connectivity index (χ4v) is 0. The second-order valence-corrected chi connectivity index (χ2v) is 5.73. The molecule has 0 amide bonds. The molecule has 0 aliphatic rings. The van der Waals surface area contributed by atoms with Crippen molar-refractivity contribution in [2.45, 2.75) is 0 Å². The fraction of sp³-hybridized carbons (Fsp3) is 0.667. The van der Waals surface area contributed by atoms with E-state index in [0.29, 0.717) is 0 Å². The minimum absolute atomic E-state index is 0.0347. The first-order chi connectivity index (χ1) is 2.94. The van der Waals surface area contributed by atoms with Gasteiger partial charge in [-0.1, -0.05) is 23.2 Å². The molecule has 0 bridgehead atoms. The fourth-order valence-electron chi connectivity index (χ4n) is 0. The number of hydrogen-bond acceptors (Lipinski definition) is 1. The Morgan fingerprint density at radius 1 is 1.43 bits per heavy atom. The second-order valence-electron chi connectivity index (χ2n) is 1.46. The molecule has 0 fully saturated rings. The standard InChI is InChI=1S/C3H6Cl2OS/c1-7(2,6)3(4)5/h1-2H3. The van der Waals surface area contributed by atoms with Gasteiger partial charge in [-0.15, -0.1) is 0 Å². The van der Waals surface area contributed by atoms with Gasteiger partial charge in [0.15, 0.2) is 3.78 Å². The molecule has 0 aliphatic carbocycles. The van der Waals surface area contributed by atoms with Crippen LogP contribution in [0.25, 0.3) is 0 Å². The van der Waals surface area contributed by atoms with Gasteiger partial charge in [0.25, 0.3) is 0 Å². The quantitative estimate of drug-likeness (QED) is 0.384. The van der Waals surface area contributed by atoms with Gasteiger partial charge in [-0.05, 0) is 9.52 Å². The maximum atomic E-state index is 10.6. The van der Waals surface area contributed by atoms with E-state index in [9.17, 15) is 4.21 Å². The minimum Gasteiger partial charge on any atom is -0.266 e. The summed E-state index contributed by atoms with van der Waals surface area (Å²) in [7, 11) is -2.04. The van der Waals surface area contributed by atoms with Crippen molar-refractivity contribution in [2.24, 2.45) is 0 Å². The van der Waals surface area contributed by atoms with Crippen molar-refractivity contribution in [2.75, 3.05) is 12.5 Å². The average Bonchev–Trinajstić information content (AvgIpc) is 1.31. The first-order valence-electron chi connectivity index (χ1n) is 1.57. The number of halogens is 2. The Morgan fingerprint density at radius 2 is 1.57 bits per heavy atom. The van der Waals surface area contributed by atoms with Gasteiger partial charge in [0.1, 0.15) is 0 Å². The van der Waals surface area contributed by atoms with E-state index in [-0.39, 0.29) is 3.78 Å². The molecule has 44 valence electrons. The van der Waals surface area contributed by atoms with E-state index >= 15 is 0 Å². The van der Waals surface area contributed by atoms with E-state index in [1.807, 2.05) is 0 Å². The average molecular weight is 161 g/mol. The predicted molar refractivity (Wildman–Crippen MR) is 36.7 cm³/mol. The molecule has 7 heavy (non-hydrogen) atoms. The SMILES string of the molecule is CS(C)(=O)=C(Cl)Cl. The molecule has 0 saturated heterocycles. The summed E-state index contributed by atoms with van der Waals surface area (Å²) in [5.74, 6) is 0. The van der Waals surface area contributed by atoms with Gasteiger partial charge in [-0.2, -0.15) is 0 Å². The van der Waals surface area contributed by atoms with Crippen molar-refractivity contribution in [1.82, 2.24) is 0 Å². The van der Waals surface area contributed by atoms with Gasteiger partial charge in [-0.3, -0.25) is 4.21 Å². The smallest absolute Gasteiger partial charge is 0.158 e. The lowest BCUT2D eigenvalue weighted by Crippen LogP contribution is -1.97. The van der Waals surface area contributed by atoms with Crippen LogP contribution in [0.4, 0.5) is 0 Å². The molecule has 1 nitrogen and oxygen atoms in total. The van der Waals surface area contributed by atoms with Crippen LogP contribution in [-0.4, -0.2) is 20.5 Å². The van der Waals surface area contributed by atoms with Crippen molar-refractivity contribution in [3.63, 3.8) is 0 Å². The number of rotatable bonds is 0. The molecule has 0 atom stereocenters. The molecule has 0 spiro atoms. The van der Waals surface area contributed by atoms with Gasteiger partial charge in [0, 0.05) is 12.5 Å². The number of hydrogen-bond donors (Lipinski definition) is 0. The summed E-state index contributed by atoms with van der Waals surface area (Å²) in [6.07, 6.45) is 2.98. The highest BCUT2D eigenvalue weighted by Crippen LogP contribution is 1.95. The van der Waals surface area contributed by atoms with Crippen LogP contribution in [0, 0.1) is 0 Å². The summed E-state index contributed by atoms with van der Waals surface area (Å²) in [5, 5.41) is 0. The molecular formula is C3H6Cl2OS. The second kappa shape index (κ2) is 2.25. The van der Waals surface area contributed by atoms with Crippen molar-refractivity contribution in [3.05, 3.63) is 0 Å². The van der Waals surface area contributed by atoms with Crippen LogP contribution in [0.1, 0.15) is 0 Å². The molecular weight excluding hydrogens is 155 g/mol. The van der Waals surface area contributed by atoms with Gasteiger partial charge >= 0.3 is 0 Å². The Hall–Kier alpha value is 0.600. The normalized spacial score (nSPS) is 11.4. The third-order valence-electron chi connectivity index (χ3n) is 0.372. The van der Waals surface area contributed by atoms with E-state index in [1.165, 1.54) is 12.5 Å². The summed E-state index contributed by atoms with van der Waals surface area (Å²) in [6, 6.07) is 0. The molecule has 0 rings (SSSR count). The lowest BCUT2D eigenvalue weighted by Gasteiger charge is -1.89. The summed E-state index contributed by atoms with van der Waals surface area (Å²) < 4.78 is 10.6. The molecule has 0 heterocycles. The molecule has 0 saturated carbocycles. The van der Waals surface area contributed by atoms with Crippen LogP contribution in [0.3, 0.4) is 0 Å². The highest BCUT2D eigenvalue weighted by Gasteiger charge is 1.93. The zero-order valence-electron chi connectivity index (χ0n) is 4.07. The molecule has 0 aromatic carbocycles. The van der Waals surface area contributed by atoms with Crippen LogP contribution >= 0.6 is 23.2 Å². The summed E-state index contributed by atoms with van der Waals surface area (Å²) >= 11 is 10.3. The minimum atomic E-state index is -2.04. The van der Waals surface area contributed by atoms with Crippen LogP contribution in [0.5, 0.6) is 0 Å². The largest absolute Gasteiger partial charge is 0.266 e. The maximum absolute atomic E-state index is 10.6. The van der Waals surface area contributed by atoms with E-state index < -0.39 is 9.52 Å². The molecule has 0 unspecified atom stereocenters. The Labute approximate surface area is 53.6 Å². The van der Waals surface area contributed by atoms with Crippen molar-refractivity contribution >= 4 is 36.5 Å². The van der Waals surface area contributed by atoms with Crippen LogP contribution in [0.15, 0.2) is 0 Å². The monoisotopic (exact) mass is 160 g/mol. The third-order valence-corrected chi connectivity index (χ3v) is 3.34. The van der Waals surface area contributed by atoms with Crippen LogP contribution in [0.2, 0.25) is 0 Å². The van der Waals surface area contributed by atoms with Crippen LogP contribution in [-0.2, 0) is 9.52 Å². The summed E-state index contributed by atoms with van der Waals surface area (Å²) in [5.41, 5.74) is 0. The predicted octanol–water partition coefficient (Wildman–Crippen LogP) is 1.10. The highest BCUT2D eigenvalue weighted by atomic mass is 35.5. The summed E-state index contributed by atoms with van der Waals surface area (Å²) in [6.45, 7) is 0. The van der Waals surface area contributed by atoms with Gasteiger partial charge in [-0.25, -0.2) is 0 Å². The van der Waals surface area contributed by atoms with E-state index in [4.69, 9.17) is 23.2 Å². The van der Waals surface area contributed by atoms with Crippen molar-refractivity contribution in [1.29, 1.82) is 0 Å². The zero-order chi connectivity index (χ0) is 6.08. The van der Waals surface area contributed by atoms with Gasteiger partial charge in [0.05, 0.1) is 0 Å². The maximum Gasteiger partial charge on any atom is 0.158 e. The molecule has 4 heteroatoms. The lowest BCUT2D eigenvalue weighted by molar-refractivity contribution is 0.688. The Bertz CT molecular complexity index is 154.